The van der Waals surface area contributed by atoms with Crippen LogP contribution in [0.4, 0.5) is 5.82 Å². The van der Waals surface area contributed by atoms with Gasteiger partial charge in [-0.05, 0) is 13.1 Å². The van der Waals surface area contributed by atoms with Crippen molar-refractivity contribution in [3.63, 3.8) is 0 Å². The van der Waals surface area contributed by atoms with Gasteiger partial charge in [0.05, 0.1) is 5.02 Å². The van der Waals surface area contributed by atoms with E-state index in [1.54, 1.807) is 12.3 Å². The number of pyridine rings is 1. The lowest BCUT2D eigenvalue weighted by Gasteiger charge is -2.33. The van der Waals surface area contributed by atoms with Crippen molar-refractivity contribution in [2.24, 2.45) is 0 Å². The molecule has 16 heavy (non-hydrogen) atoms. The van der Waals surface area contributed by atoms with E-state index in [1.165, 1.54) is 0 Å². The fourth-order valence-corrected chi connectivity index (χ4v) is 1.89. The van der Waals surface area contributed by atoms with Gasteiger partial charge >= 0.3 is 0 Å². The minimum absolute atomic E-state index is 0.410. The summed E-state index contributed by atoms with van der Waals surface area (Å²) in [6, 6.07) is 1.75. The number of rotatable bonds is 2. The topological polar surface area (TPSA) is 36.4 Å². The first-order valence-electron chi connectivity index (χ1n) is 5.25. The van der Waals surface area contributed by atoms with Crippen LogP contribution >= 0.6 is 11.6 Å². The van der Waals surface area contributed by atoms with Crippen molar-refractivity contribution in [2.75, 3.05) is 38.1 Å². The fraction of sp³-hybridized carbons (Fsp3) is 0.455. The van der Waals surface area contributed by atoms with Crippen molar-refractivity contribution >= 4 is 23.7 Å². The third kappa shape index (κ3) is 2.33. The van der Waals surface area contributed by atoms with E-state index in [1.807, 2.05) is 0 Å². The Kier molecular flexibility index (Phi) is 3.41. The smallest absolute Gasteiger partial charge is 0.151 e. The van der Waals surface area contributed by atoms with Gasteiger partial charge in [0.15, 0.2) is 6.29 Å². The predicted molar refractivity (Wildman–Crippen MR) is 64.3 cm³/mol. The van der Waals surface area contributed by atoms with Gasteiger partial charge in [-0.2, -0.15) is 0 Å². The van der Waals surface area contributed by atoms with Gasteiger partial charge in [-0.3, -0.25) is 4.79 Å². The average molecular weight is 240 g/mol. The van der Waals surface area contributed by atoms with Crippen LogP contribution in [0.5, 0.6) is 0 Å². The second kappa shape index (κ2) is 4.80. The van der Waals surface area contributed by atoms with Crippen LogP contribution < -0.4 is 4.90 Å². The molecule has 5 heteroatoms. The largest absolute Gasteiger partial charge is 0.354 e. The highest BCUT2D eigenvalue weighted by Crippen LogP contribution is 2.19. The lowest BCUT2D eigenvalue weighted by molar-refractivity contribution is 0.112. The number of aromatic nitrogens is 1. The van der Waals surface area contributed by atoms with Crippen LogP contribution in [0.25, 0.3) is 0 Å². The van der Waals surface area contributed by atoms with E-state index in [0.717, 1.165) is 38.3 Å². The number of carbonyl (C=O) groups excluding carboxylic acids is 1. The summed E-state index contributed by atoms with van der Waals surface area (Å²) in [7, 11) is 2.10. The zero-order valence-corrected chi connectivity index (χ0v) is 9.94. The molecule has 0 unspecified atom stereocenters. The number of hydrogen-bond acceptors (Lipinski definition) is 4. The van der Waals surface area contributed by atoms with E-state index in [9.17, 15) is 4.79 Å². The molecule has 0 atom stereocenters. The molecule has 0 aliphatic carbocycles. The molecule has 0 saturated carbocycles. The molecule has 2 rings (SSSR count). The van der Waals surface area contributed by atoms with Crippen molar-refractivity contribution in [1.29, 1.82) is 0 Å². The molecule has 1 aromatic heterocycles. The van der Waals surface area contributed by atoms with Gasteiger partial charge in [-0.1, -0.05) is 11.6 Å². The monoisotopic (exact) mass is 239 g/mol. The summed E-state index contributed by atoms with van der Waals surface area (Å²) in [6.07, 6.45) is 2.31. The molecule has 1 aliphatic heterocycles. The molecule has 0 bridgehead atoms. The van der Waals surface area contributed by atoms with Crippen LogP contribution in [0.2, 0.25) is 5.02 Å². The van der Waals surface area contributed by atoms with Crippen LogP contribution in [0.15, 0.2) is 12.3 Å². The van der Waals surface area contributed by atoms with Crippen LogP contribution in [-0.4, -0.2) is 49.4 Å². The Morgan fingerprint density at radius 2 is 2.06 bits per heavy atom. The average Bonchev–Trinajstić information content (AvgIpc) is 2.31. The molecule has 2 heterocycles. The SMILES string of the molecule is CN1CCN(c2cc(C=O)c(Cl)cn2)CC1. The zero-order chi connectivity index (χ0) is 11.5. The van der Waals surface area contributed by atoms with Crippen molar-refractivity contribution < 1.29 is 4.79 Å². The summed E-state index contributed by atoms with van der Waals surface area (Å²) >= 11 is 5.84. The maximum Gasteiger partial charge on any atom is 0.151 e. The van der Waals surface area contributed by atoms with Crippen molar-refractivity contribution in [1.82, 2.24) is 9.88 Å². The summed E-state index contributed by atoms with van der Waals surface area (Å²) in [5, 5.41) is 0.410. The van der Waals surface area contributed by atoms with Gasteiger partial charge in [0.1, 0.15) is 5.82 Å². The minimum Gasteiger partial charge on any atom is -0.354 e. The summed E-state index contributed by atoms with van der Waals surface area (Å²) in [4.78, 5) is 19.5. The molecule has 1 aromatic rings. The molecular weight excluding hydrogens is 226 g/mol. The number of likely N-dealkylation sites (N-methyl/N-ethyl adjacent to an activating group) is 1. The normalized spacial score (nSPS) is 17.5. The molecule has 4 nitrogen and oxygen atoms in total. The van der Waals surface area contributed by atoms with E-state index in [-0.39, 0.29) is 0 Å². The number of piperazine rings is 1. The highest BCUT2D eigenvalue weighted by Gasteiger charge is 2.16. The summed E-state index contributed by atoms with van der Waals surface area (Å²) in [6.45, 7) is 3.90. The molecule has 0 amide bonds. The number of anilines is 1. The molecule has 1 aliphatic rings. The van der Waals surface area contributed by atoms with E-state index in [2.05, 4.69) is 21.8 Å². The van der Waals surface area contributed by atoms with Gasteiger partial charge in [-0.15, -0.1) is 0 Å². The van der Waals surface area contributed by atoms with Gasteiger partial charge in [0.25, 0.3) is 0 Å². The van der Waals surface area contributed by atoms with Gasteiger partial charge in [-0.25, -0.2) is 4.98 Å². The number of carbonyl (C=O) groups is 1. The first-order valence-corrected chi connectivity index (χ1v) is 5.62. The lowest BCUT2D eigenvalue weighted by atomic mass is 10.2. The van der Waals surface area contributed by atoms with Crippen molar-refractivity contribution in [2.45, 2.75) is 0 Å². The standard InChI is InChI=1S/C11H14ClN3O/c1-14-2-4-15(5-3-14)11-6-9(8-16)10(12)7-13-11/h6-8H,2-5H2,1H3. The second-order valence-corrected chi connectivity index (χ2v) is 4.38. The van der Waals surface area contributed by atoms with Crippen LogP contribution in [-0.2, 0) is 0 Å². The highest BCUT2D eigenvalue weighted by molar-refractivity contribution is 6.32. The van der Waals surface area contributed by atoms with Crippen LogP contribution in [0.3, 0.4) is 0 Å². The molecule has 0 spiro atoms. The van der Waals surface area contributed by atoms with Gasteiger partial charge in [0, 0.05) is 37.9 Å². The van der Waals surface area contributed by atoms with E-state index in [0.29, 0.717) is 10.6 Å². The Labute approximate surface area is 99.8 Å². The van der Waals surface area contributed by atoms with E-state index < -0.39 is 0 Å². The third-order valence-electron chi connectivity index (χ3n) is 2.82. The zero-order valence-electron chi connectivity index (χ0n) is 9.19. The van der Waals surface area contributed by atoms with Crippen LogP contribution in [0, 0.1) is 0 Å². The Balaban J connectivity index is 2.17. The summed E-state index contributed by atoms with van der Waals surface area (Å²) < 4.78 is 0. The Bertz CT molecular complexity index is 389. The number of halogens is 1. The third-order valence-corrected chi connectivity index (χ3v) is 3.14. The van der Waals surface area contributed by atoms with Crippen molar-refractivity contribution in [3.8, 4) is 0 Å². The van der Waals surface area contributed by atoms with Crippen molar-refractivity contribution in [3.05, 3.63) is 22.8 Å². The predicted octanol–water partition coefficient (Wildman–Crippen LogP) is 1.30. The quantitative estimate of drug-likeness (QED) is 0.729. The first-order chi connectivity index (χ1) is 7.70. The molecule has 86 valence electrons. The molecular formula is C11H14ClN3O. The van der Waals surface area contributed by atoms with Gasteiger partial charge < -0.3 is 9.80 Å². The number of aldehydes is 1. The highest BCUT2D eigenvalue weighted by atomic mass is 35.5. The number of nitrogens with zero attached hydrogens (tertiary/aromatic N) is 3. The molecule has 0 aromatic carbocycles. The summed E-state index contributed by atoms with van der Waals surface area (Å²) in [5.41, 5.74) is 0.505. The Hall–Kier alpha value is -1.13. The lowest BCUT2D eigenvalue weighted by Crippen LogP contribution is -2.44. The Morgan fingerprint density at radius 3 is 2.69 bits per heavy atom. The van der Waals surface area contributed by atoms with E-state index in [4.69, 9.17) is 11.6 Å². The fourth-order valence-electron chi connectivity index (χ4n) is 1.74. The van der Waals surface area contributed by atoms with E-state index >= 15 is 0 Å². The second-order valence-electron chi connectivity index (χ2n) is 3.97. The number of hydrogen-bond donors (Lipinski definition) is 0. The molecule has 1 saturated heterocycles. The minimum atomic E-state index is 0.410. The maximum absolute atomic E-state index is 10.8. The first kappa shape index (κ1) is 11.4. The maximum atomic E-state index is 10.8. The Morgan fingerprint density at radius 1 is 1.38 bits per heavy atom. The van der Waals surface area contributed by atoms with Crippen LogP contribution in [0.1, 0.15) is 10.4 Å². The molecule has 1 fully saturated rings. The van der Waals surface area contributed by atoms with Gasteiger partial charge in [0.2, 0.25) is 0 Å². The molecule has 0 radical (unpaired) electrons. The summed E-state index contributed by atoms with van der Waals surface area (Å²) in [5.74, 6) is 0.833. The molecule has 0 N–H and O–H groups in total.